The Kier molecular flexibility index (Phi) is 6.95. The number of nitrogens with one attached hydrogen (secondary N) is 1. The lowest BCUT2D eigenvalue weighted by Gasteiger charge is -2.24. The Morgan fingerprint density at radius 1 is 1.06 bits per heavy atom. The SMILES string of the molecule is CCc1ccc(C(=O)O)c(-c2ccc(O)c(NS(C)(=O)=O)c2O)c1C(N)Cc1ccccc1. The first-order valence-corrected chi connectivity index (χ1v) is 12.1. The molecular formula is C24H26N2O6S. The van der Waals surface area contributed by atoms with Gasteiger partial charge in [-0.25, -0.2) is 13.2 Å². The maximum absolute atomic E-state index is 12.1. The van der Waals surface area contributed by atoms with Crippen LogP contribution >= 0.6 is 0 Å². The lowest BCUT2D eigenvalue weighted by Crippen LogP contribution is -2.19. The molecule has 6 N–H and O–H groups in total. The van der Waals surface area contributed by atoms with E-state index in [1.54, 1.807) is 6.07 Å². The summed E-state index contributed by atoms with van der Waals surface area (Å²) in [7, 11) is -3.84. The molecule has 0 bridgehead atoms. The maximum Gasteiger partial charge on any atom is 0.336 e. The molecule has 0 aliphatic carbocycles. The molecule has 0 aliphatic rings. The molecule has 33 heavy (non-hydrogen) atoms. The monoisotopic (exact) mass is 470 g/mol. The summed E-state index contributed by atoms with van der Waals surface area (Å²) in [6.45, 7) is 1.91. The van der Waals surface area contributed by atoms with Crippen LogP contribution in [0.1, 0.15) is 40.0 Å². The van der Waals surface area contributed by atoms with Gasteiger partial charge in [-0.1, -0.05) is 43.3 Å². The van der Waals surface area contributed by atoms with Gasteiger partial charge in [0.1, 0.15) is 11.4 Å². The molecule has 0 aromatic heterocycles. The van der Waals surface area contributed by atoms with Gasteiger partial charge in [0.2, 0.25) is 10.0 Å². The highest BCUT2D eigenvalue weighted by atomic mass is 32.2. The number of aromatic hydroxyl groups is 2. The van der Waals surface area contributed by atoms with E-state index in [0.29, 0.717) is 18.4 Å². The first-order valence-electron chi connectivity index (χ1n) is 10.2. The number of hydrogen-bond donors (Lipinski definition) is 5. The van der Waals surface area contributed by atoms with E-state index in [1.807, 2.05) is 37.3 Å². The fourth-order valence-corrected chi connectivity index (χ4v) is 4.47. The average molecular weight is 471 g/mol. The third kappa shape index (κ3) is 5.27. The van der Waals surface area contributed by atoms with Gasteiger partial charge >= 0.3 is 5.97 Å². The summed E-state index contributed by atoms with van der Waals surface area (Å²) < 4.78 is 25.6. The number of nitrogens with two attached hydrogens (primary N) is 1. The van der Waals surface area contributed by atoms with Crippen molar-refractivity contribution in [1.29, 1.82) is 0 Å². The van der Waals surface area contributed by atoms with Crippen LogP contribution in [0, 0.1) is 0 Å². The van der Waals surface area contributed by atoms with Crippen molar-refractivity contribution in [1.82, 2.24) is 0 Å². The number of anilines is 1. The summed E-state index contributed by atoms with van der Waals surface area (Å²) >= 11 is 0. The molecule has 0 saturated carbocycles. The molecule has 0 aliphatic heterocycles. The number of phenolic OH excluding ortho intramolecular Hbond substituents is 2. The minimum Gasteiger partial charge on any atom is -0.506 e. The van der Waals surface area contributed by atoms with E-state index in [4.69, 9.17) is 5.73 Å². The van der Waals surface area contributed by atoms with Crippen LogP contribution in [-0.2, 0) is 22.9 Å². The zero-order chi connectivity index (χ0) is 24.3. The van der Waals surface area contributed by atoms with Gasteiger partial charge in [0.05, 0.1) is 11.8 Å². The topological polar surface area (TPSA) is 150 Å². The van der Waals surface area contributed by atoms with Crippen LogP contribution in [0.25, 0.3) is 11.1 Å². The van der Waals surface area contributed by atoms with Crippen molar-refractivity contribution in [3.05, 3.63) is 76.9 Å². The van der Waals surface area contributed by atoms with Crippen LogP contribution in [0.15, 0.2) is 54.6 Å². The normalized spacial score (nSPS) is 12.3. The Balaban J connectivity index is 2.31. The van der Waals surface area contributed by atoms with Crippen LogP contribution in [-0.4, -0.2) is 36.0 Å². The largest absolute Gasteiger partial charge is 0.506 e. The number of phenols is 2. The number of carboxylic acid groups (broad SMARTS) is 1. The number of carbonyl (C=O) groups is 1. The standard InChI is InChI=1S/C24H26N2O6S/c1-3-15-9-10-17(24(29)30)21(20(15)18(25)13-14-7-5-4-6-8-14)16-11-12-19(27)22(23(16)28)26-33(2,31)32/h4-12,18,26-28H,3,13,25H2,1-2H3,(H,29,30). The molecule has 0 amide bonds. The van der Waals surface area contributed by atoms with E-state index in [1.165, 1.54) is 18.2 Å². The second-order valence-corrected chi connectivity index (χ2v) is 9.49. The highest BCUT2D eigenvalue weighted by Crippen LogP contribution is 2.45. The van der Waals surface area contributed by atoms with E-state index < -0.39 is 39.2 Å². The van der Waals surface area contributed by atoms with Gasteiger partial charge in [0.25, 0.3) is 0 Å². The predicted molar refractivity (Wildman–Crippen MR) is 127 cm³/mol. The van der Waals surface area contributed by atoms with E-state index in [9.17, 15) is 28.5 Å². The van der Waals surface area contributed by atoms with Crippen molar-refractivity contribution >= 4 is 21.7 Å². The van der Waals surface area contributed by atoms with Gasteiger partial charge in [-0.3, -0.25) is 4.72 Å². The van der Waals surface area contributed by atoms with Crippen molar-refractivity contribution in [3.63, 3.8) is 0 Å². The van der Waals surface area contributed by atoms with E-state index in [-0.39, 0.29) is 16.7 Å². The second kappa shape index (κ2) is 9.51. The smallest absolute Gasteiger partial charge is 0.336 e. The van der Waals surface area contributed by atoms with Crippen LogP contribution in [0.4, 0.5) is 5.69 Å². The fourth-order valence-electron chi connectivity index (χ4n) is 3.90. The number of rotatable bonds is 8. The molecule has 0 fully saturated rings. The molecule has 9 heteroatoms. The summed E-state index contributed by atoms with van der Waals surface area (Å²) in [4.78, 5) is 12.1. The Labute approximate surface area is 192 Å². The van der Waals surface area contributed by atoms with Gasteiger partial charge in [-0.05, 0) is 47.7 Å². The molecule has 0 heterocycles. The number of aromatic carboxylic acids is 1. The van der Waals surface area contributed by atoms with Crippen molar-refractivity contribution in [2.24, 2.45) is 5.73 Å². The predicted octanol–water partition coefficient (Wildman–Crippen LogP) is 3.64. The van der Waals surface area contributed by atoms with Crippen molar-refractivity contribution in [2.75, 3.05) is 11.0 Å². The fraction of sp³-hybridized carbons (Fsp3) is 0.208. The Morgan fingerprint density at radius 3 is 2.30 bits per heavy atom. The zero-order valence-electron chi connectivity index (χ0n) is 18.2. The van der Waals surface area contributed by atoms with E-state index in [0.717, 1.165) is 17.4 Å². The lowest BCUT2D eigenvalue weighted by atomic mass is 9.84. The van der Waals surface area contributed by atoms with Gasteiger partial charge in [-0.15, -0.1) is 0 Å². The quantitative estimate of drug-likeness (QED) is 0.315. The second-order valence-electron chi connectivity index (χ2n) is 7.75. The number of aryl methyl sites for hydroxylation is 1. The van der Waals surface area contributed by atoms with Gasteiger partial charge < -0.3 is 21.1 Å². The lowest BCUT2D eigenvalue weighted by molar-refractivity contribution is 0.0697. The molecule has 1 atom stereocenters. The van der Waals surface area contributed by atoms with Crippen LogP contribution in [0.5, 0.6) is 11.5 Å². The zero-order valence-corrected chi connectivity index (χ0v) is 19.1. The minimum absolute atomic E-state index is 0.0464. The highest BCUT2D eigenvalue weighted by molar-refractivity contribution is 7.92. The van der Waals surface area contributed by atoms with Gasteiger partial charge in [-0.2, -0.15) is 0 Å². The van der Waals surface area contributed by atoms with Crippen molar-refractivity contribution in [3.8, 4) is 22.6 Å². The summed E-state index contributed by atoms with van der Waals surface area (Å²) in [5.74, 6) is -2.32. The minimum atomic E-state index is -3.84. The maximum atomic E-state index is 12.1. The van der Waals surface area contributed by atoms with E-state index >= 15 is 0 Å². The average Bonchev–Trinajstić information content (AvgIpc) is 2.75. The van der Waals surface area contributed by atoms with E-state index in [2.05, 4.69) is 4.72 Å². The molecule has 3 aromatic carbocycles. The number of sulfonamides is 1. The van der Waals surface area contributed by atoms with Crippen molar-refractivity contribution < 1.29 is 28.5 Å². The highest BCUT2D eigenvalue weighted by Gasteiger charge is 2.27. The van der Waals surface area contributed by atoms with Crippen LogP contribution in [0.2, 0.25) is 0 Å². The number of benzene rings is 3. The molecule has 0 saturated heterocycles. The summed E-state index contributed by atoms with van der Waals surface area (Å²) in [5.41, 5.74) is 8.57. The molecule has 1 unspecified atom stereocenters. The van der Waals surface area contributed by atoms with Crippen molar-refractivity contribution in [2.45, 2.75) is 25.8 Å². The Morgan fingerprint density at radius 2 is 1.73 bits per heavy atom. The third-order valence-electron chi connectivity index (χ3n) is 5.33. The van der Waals surface area contributed by atoms with Crippen LogP contribution in [0.3, 0.4) is 0 Å². The van der Waals surface area contributed by atoms with Gasteiger partial charge in [0.15, 0.2) is 5.75 Å². The Hall–Kier alpha value is -3.56. The summed E-state index contributed by atoms with van der Waals surface area (Å²) in [6, 6.07) is 14.5. The summed E-state index contributed by atoms with van der Waals surface area (Å²) in [5, 5.41) is 31.0. The molecule has 174 valence electrons. The molecule has 8 nitrogen and oxygen atoms in total. The molecule has 3 aromatic rings. The molecular weight excluding hydrogens is 444 g/mol. The molecule has 0 radical (unpaired) electrons. The number of carboxylic acids is 1. The Bertz CT molecular complexity index is 1290. The first-order chi connectivity index (χ1) is 15.5. The number of hydrogen-bond acceptors (Lipinski definition) is 6. The molecule has 3 rings (SSSR count). The third-order valence-corrected chi connectivity index (χ3v) is 5.90. The summed E-state index contributed by atoms with van der Waals surface area (Å²) in [6.07, 6.45) is 1.84. The van der Waals surface area contributed by atoms with Crippen LogP contribution < -0.4 is 10.5 Å². The first kappa shape index (κ1) is 24.1. The van der Waals surface area contributed by atoms with Gasteiger partial charge in [0, 0.05) is 17.2 Å². The molecule has 0 spiro atoms.